The second kappa shape index (κ2) is 5.82. The van der Waals surface area contributed by atoms with Crippen molar-refractivity contribution < 1.29 is 14.0 Å². The first-order valence-corrected chi connectivity index (χ1v) is 6.36. The first-order valence-electron chi connectivity index (χ1n) is 6.36. The molecule has 1 aliphatic heterocycles. The van der Waals surface area contributed by atoms with Crippen LogP contribution in [-0.4, -0.2) is 37.4 Å². The number of carbonyl (C=O) groups excluding carboxylic acids is 2. The van der Waals surface area contributed by atoms with E-state index in [4.69, 9.17) is 0 Å². The molecule has 0 bridgehead atoms. The van der Waals surface area contributed by atoms with Gasteiger partial charge in [-0.05, 0) is 42.5 Å². The van der Waals surface area contributed by atoms with E-state index in [9.17, 15) is 14.0 Å². The van der Waals surface area contributed by atoms with Crippen LogP contribution in [0.3, 0.4) is 0 Å². The Morgan fingerprint density at radius 2 is 2.11 bits per heavy atom. The summed E-state index contributed by atoms with van der Waals surface area (Å²) in [4.78, 5) is 24.2. The van der Waals surface area contributed by atoms with Gasteiger partial charge in [0.05, 0.1) is 0 Å². The number of nitrogens with zero attached hydrogens (tertiary/aromatic N) is 1. The van der Waals surface area contributed by atoms with Gasteiger partial charge < -0.3 is 10.2 Å². The molecular formula is C14H17FN2O2. The third-order valence-electron chi connectivity index (χ3n) is 3.60. The third kappa shape index (κ3) is 2.92. The molecule has 5 heteroatoms. The molecule has 19 heavy (non-hydrogen) atoms. The predicted molar refractivity (Wildman–Crippen MR) is 69.4 cm³/mol. The number of likely N-dealkylation sites (tertiary alicyclic amines) is 1. The summed E-state index contributed by atoms with van der Waals surface area (Å²) in [6.45, 7) is 1.30. The van der Waals surface area contributed by atoms with E-state index in [0.717, 1.165) is 24.8 Å². The Hall–Kier alpha value is -1.91. The molecule has 1 aromatic rings. The largest absolute Gasteiger partial charge is 0.355 e. The molecule has 2 rings (SSSR count). The van der Waals surface area contributed by atoms with Crippen LogP contribution in [0.15, 0.2) is 18.2 Å². The third-order valence-corrected chi connectivity index (χ3v) is 3.60. The highest BCUT2D eigenvalue weighted by Crippen LogP contribution is 2.30. The fourth-order valence-electron chi connectivity index (χ4n) is 2.53. The van der Waals surface area contributed by atoms with Gasteiger partial charge in [0.25, 0.3) is 5.91 Å². The Bertz CT molecular complexity index is 482. The minimum atomic E-state index is -0.333. The summed E-state index contributed by atoms with van der Waals surface area (Å²) in [6, 6.07) is 4.26. The van der Waals surface area contributed by atoms with Crippen LogP contribution in [0.5, 0.6) is 0 Å². The van der Waals surface area contributed by atoms with Gasteiger partial charge in [-0.15, -0.1) is 0 Å². The first kappa shape index (κ1) is 13.5. The molecule has 0 unspecified atom stereocenters. The average molecular weight is 264 g/mol. The quantitative estimate of drug-likeness (QED) is 0.841. The number of hydrogen-bond donors (Lipinski definition) is 1. The second-order valence-corrected chi connectivity index (χ2v) is 4.73. The number of piperidine rings is 1. The Morgan fingerprint density at radius 3 is 2.68 bits per heavy atom. The van der Waals surface area contributed by atoms with E-state index in [1.807, 2.05) is 0 Å². The second-order valence-electron chi connectivity index (χ2n) is 4.73. The Labute approximate surface area is 111 Å². The minimum Gasteiger partial charge on any atom is -0.355 e. The van der Waals surface area contributed by atoms with E-state index in [1.54, 1.807) is 11.9 Å². The standard InChI is InChI=1S/C14H17FN2O2/c1-16-14(19)12-3-2-11(15)8-13(12)10-4-6-17(9-18)7-5-10/h2-3,8-10H,4-7H2,1H3,(H,16,19). The van der Waals surface area contributed by atoms with Crippen LogP contribution < -0.4 is 5.32 Å². The molecule has 1 heterocycles. The Kier molecular flexibility index (Phi) is 4.14. The highest BCUT2D eigenvalue weighted by Gasteiger charge is 2.24. The van der Waals surface area contributed by atoms with Crippen molar-refractivity contribution in [2.24, 2.45) is 0 Å². The highest BCUT2D eigenvalue weighted by atomic mass is 19.1. The number of amides is 2. The number of carbonyl (C=O) groups is 2. The molecule has 0 radical (unpaired) electrons. The van der Waals surface area contributed by atoms with Gasteiger partial charge in [-0.25, -0.2) is 4.39 Å². The van der Waals surface area contributed by atoms with Crippen molar-refractivity contribution in [3.63, 3.8) is 0 Å². The lowest BCUT2D eigenvalue weighted by Gasteiger charge is -2.30. The molecule has 1 saturated heterocycles. The molecule has 1 N–H and O–H groups in total. The smallest absolute Gasteiger partial charge is 0.251 e. The number of hydrogen-bond acceptors (Lipinski definition) is 2. The van der Waals surface area contributed by atoms with E-state index >= 15 is 0 Å². The van der Waals surface area contributed by atoms with Crippen LogP contribution in [0.2, 0.25) is 0 Å². The van der Waals surface area contributed by atoms with Gasteiger partial charge in [-0.1, -0.05) is 0 Å². The summed E-state index contributed by atoms with van der Waals surface area (Å²) in [5.74, 6) is -0.410. The molecule has 0 atom stereocenters. The maximum absolute atomic E-state index is 13.4. The molecule has 0 aromatic heterocycles. The highest BCUT2D eigenvalue weighted by molar-refractivity contribution is 5.95. The average Bonchev–Trinajstić information content (AvgIpc) is 2.46. The zero-order valence-corrected chi connectivity index (χ0v) is 10.9. The van der Waals surface area contributed by atoms with Crippen molar-refractivity contribution in [1.82, 2.24) is 10.2 Å². The molecule has 0 aliphatic carbocycles. The maximum atomic E-state index is 13.4. The SMILES string of the molecule is CNC(=O)c1ccc(F)cc1C1CCN(C=O)CC1. The summed E-state index contributed by atoms with van der Waals surface area (Å²) >= 11 is 0. The van der Waals surface area contributed by atoms with E-state index in [0.29, 0.717) is 18.7 Å². The zero-order valence-electron chi connectivity index (χ0n) is 10.9. The van der Waals surface area contributed by atoms with Crippen LogP contribution >= 0.6 is 0 Å². The lowest BCUT2D eigenvalue weighted by Crippen LogP contribution is -2.32. The fourth-order valence-corrected chi connectivity index (χ4v) is 2.53. The molecule has 102 valence electrons. The van der Waals surface area contributed by atoms with E-state index in [2.05, 4.69) is 5.32 Å². The molecule has 1 aromatic carbocycles. The molecule has 4 nitrogen and oxygen atoms in total. The van der Waals surface area contributed by atoms with Crippen molar-refractivity contribution >= 4 is 12.3 Å². The fraction of sp³-hybridized carbons (Fsp3) is 0.429. The normalized spacial score (nSPS) is 16.2. The van der Waals surface area contributed by atoms with Crippen molar-refractivity contribution in [3.05, 3.63) is 35.1 Å². The van der Waals surface area contributed by atoms with Gasteiger partial charge in [0.1, 0.15) is 5.82 Å². The summed E-state index contributed by atoms with van der Waals surface area (Å²) < 4.78 is 13.4. The summed E-state index contributed by atoms with van der Waals surface area (Å²) in [6.07, 6.45) is 2.35. The van der Waals surface area contributed by atoms with Crippen LogP contribution in [0.1, 0.15) is 34.7 Å². The number of benzene rings is 1. The van der Waals surface area contributed by atoms with Crippen molar-refractivity contribution in [1.29, 1.82) is 0 Å². The van der Waals surface area contributed by atoms with Crippen LogP contribution in [-0.2, 0) is 4.79 Å². The van der Waals surface area contributed by atoms with Crippen molar-refractivity contribution in [2.75, 3.05) is 20.1 Å². The molecule has 2 amide bonds. The van der Waals surface area contributed by atoms with Crippen LogP contribution in [0.25, 0.3) is 0 Å². The number of rotatable bonds is 3. The predicted octanol–water partition coefficient (Wildman–Crippen LogP) is 1.52. The van der Waals surface area contributed by atoms with Crippen molar-refractivity contribution in [2.45, 2.75) is 18.8 Å². The molecule has 0 saturated carbocycles. The monoisotopic (exact) mass is 264 g/mol. The molecule has 1 aliphatic rings. The van der Waals surface area contributed by atoms with E-state index < -0.39 is 0 Å². The Balaban J connectivity index is 2.25. The molecular weight excluding hydrogens is 247 g/mol. The number of halogens is 1. The van der Waals surface area contributed by atoms with Gasteiger partial charge in [0, 0.05) is 25.7 Å². The summed E-state index contributed by atoms with van der Waals surface area (Å²) in [7, 11) is 1.56. The van der Waals surface area contributed by atoms with Crippen LogP contribution in [0.4, 0.5) is 4.39 Å². The van der Waals surface area contributed by atoms with Gasteiger partial charge in [-0.3, -0.25) is 9.59 Å². The lowest BCUT2D eigenvalue weighted by molar-refractivity contribution is -0.119. The first-order chi connectivity index (χ1) is 9.15. The van der Waals surface area contributed by atoms with Gasteiger partial charge in [-0.2, -0.15) is 0 Å². The number of nitrogens with one attached hydrogen (secondary N) is 1. The van der Waals surface area contributed by atoms with Gasteiger partial charge in [0.2, 0.25) is 6.41 Å². The zero-order chi connectivity index (χ0) is 13.8. The summed E-state index contributed by atoms with van der Waals surface area (Å²) in [5.41, 5.74) is 1.26. The van der Waals surface area contributed by atoms with Gasteiger partial charge in [0.15, 0.2) is 0 Å². The van der Waals surface area contributed by atoms with Crippen molar-refractivity contribution in [3.8, 4) is 0 Å². The molecule has 1 fully saturated rings. The van der Waals surface area contributed by atoms with Gasteiger partial charge >= 0.3 is 0 Å². The topological polar surface area (TPSA) is 49.4 Å². The summed E-state index contributed by atoms with van der Waals surface area (Å²) in [5, 5.41) is 2.57. The molecule has 0 spiro atoms. The lowest BCUT2D eigenvalue weighted by atomic mass is 9.86. The van der Waals surface area contributed by atoms with Crippen LogP contribution in [0, 0.1) is 5.82 Å². The van der Waals surface area contributed by atoms with E-state index in [1.165, 1.54) is 18.2 Å². The minimum absolute atomic E-state index is 0.124. The van der Waals surface area contributed by atoms with E-state index in [-0.39, 0.29) is 17.6 Å². The maximum Gasteiger partial charge on any atom is 0.251 e. The Morgan fingerprint density at radius 1 is 1.42 bits per heavy atom.